The fraction of sp³-hybridized carbons (Fsp3) is 0.917. The predicted octanol–water partition coefficient (Wildman–Crippen LogP) is -0.125. The number of ether oxygens (including phenoxy) is 1. The van der Waals surface area contributed by atoms with Crippen LogP contribution in [0.4, 0.5) is 0 Å². The average molecular weight is 244 g/mol. The highest BCUT2D eigenvalue weighted by atomic mass is 16.5. The van der Waals surface area contributed by atoms with Crippen LogP contribution < -0.4 is 11.1 Å². The minimum Gasteiger partial charge on any atom is -0.396 e. The van der Waals surface area contributed by atoms with Crippen molar-refractivity contribution < 1.29 is 14.6 Å². The van der Waals surface area contributed by atoms with Crippen LogP contribution in [0, 0.1) is 11.3 Å². The molecule has 1 aliphatic heterocycles. The zero-order valence-corrected chi connectivity index (χ0v) is 10.7. The van der Waals surface area contributed by atoms with Crippen LogP contribution in [0.25, 0.3) is 0 Å². The molecule has 3 atom stereocenters. The maximum Gasteiger partial charge on any atom is 0.229 e. The second-order valence-electron chi connectivity index (χ2n) is 5.22. The van der Waals surface area contributed by atoms with Crippen LogP contribution in [0.1, 0.15) is 26.7 Å². The van der Waals surface area contributed by atoms with Crippen molar-refractivity contribution >= 4 is 5.91 Å². The first-order chi connectivity index (χ1) is 8.00. The van der Waals surface area contributed by atoms with Crippen LogP contribution in [0.3, 0.4) is 0 Å². The van der Waals surface area contributed by atoms with E-state index >= 15 is 0 Å². The van der Waals surface area contributed by atoms with Crippen molar-refractivity contribution in [3.8, 4) is 0 Å². The number of rotatable bonds is 6. The molecular weight excluding hydrogens is 220 g/mol. The van der Waals surface area contributed by atoms with E-state index in [2.05, 4.69) is 5.32 Å². The van der Waals surface area contributed by atoms with Gasteiger partial charge in [-0.2, -0.15) is 0 Å². The van der Waals surface area contributed by atoms with Crippen LogP contribution in [-0.2, 0) is 9.53 Å². The van der Waals surface area contributed by atoms with Crippen molar-refractivity contribution in [2.75, 3.05) is 26.4 Å². The van der Waals surface area contributed by atoms with Gasteiger partial charge in [-0.25, -0.2) is 0 Å². The van der Waals surface area contributed by atoms with E-state index in [4.69, 9.17) is 15.6 Å². The number of nitrogens with two attached hydrogens (primary N) is 1. The molecule has 0 aliphatic carbocycles. The first kappa shape index (κ1) is 14.4. The van der Waals surface area contributed by atoms with Gasteiger partial charge in [-0.05, 0) is 25.7 Å². The molecular formula is C12H24N2O3. The molecule has 5 heteroatoms. The van der Waals surface area contributed by atoms with E-state index in [1.165, 1.54) is 0 Å². The summed E-state index contributed by atoms with van der Waals surface area (Å²) in [7, 11) is 0. The highest BCUT2D eigenvalue weighted by molar-refractivity contribution is 5.83. The fourth-order valence-corrected chi connectivity index (χ4v) is 1.87. The monoisotopic (exact) mass is 244 g/mol. The summed E-state index contributed by atoms with van der Waals surface area (Å²) in [5, 5.41) is 11.8. The van der Waals surface area contributed by atoms with Crippen LogP contribution in [-0.4, -0.2) is 43.4 Å². The topological polar surface area (TPSA) is 84.6 Å². The second kappa shape index (κ2) is 6.33. The number of hydrogen-bond donors (Lipinski definition) is 3. The van der Waals surface area contributed by atoms with Gasteiger partial charge >= 0.3 is 0 Å². The molecule has 0 spiro atoms. The second-order valence-corrected chi connectivity index (χ2v) is 5.22. The molecule has 3 unspecified atom stereocenters. The maximum absolute atomic E-state index is 12.0. The number of aliphatic hydroxyl groups is 1. The third-order valence-corrected chi connectivity index (χ3v) is 3.51. The molecule has 4 N–H and O–H groups in total. The molecule has 100 valence electrons. The van der Waals surface area contributed by atoms with Crippen molar-refractivity contribution in [3.63, 3.8) is 0 Å². The third-order valence-electron chi connectivity index (χ3n) is 3.51. The lowest BCUT2D eigenvalue weighted by molar-refractivity contribution is -0.130. The number of hydrogen-bond acceptors (Lipinski definition) is 4. The molecule has 0 saturated carbocycles. The van der Waals surface area contributed by atoms with E-state index in [1.54, 1.807) is 0 Å². The molecule has 1 amide bonds. The number of aliphatic hydroxyl groups excluding tert-OH is 1. The summed E-state index contributed by atoms with van der Waals surface area (Å²) >= 11 is 0. The molecule has 1 saturated heterocycles. The Morgan fingerprint density at radius 2 is 2.41 bits per heavy atom. The third kappa shape index (κ3) is 3.66. The van der Waals surface area contributed by atoms with Gasteiger partial charge in [-0.3, -0.25) is 4.79 Å². The molecule has 0 aromatic rings. The summed E-state index contributed by atoms with van der Waals surface area (Å²) < 4.78 is 5.24. The standard InChI is InChI=1S/C12H24N2O3/c1-9(6-15)4-3-5-14-11(16)12(2)8-17-7-10(12)13/h9-10,15H,3-8,13H2,1-2H3,(H,14,16). The van der Waals surface area contributed by atoms with E-state index in [0.717, 1.165) is 12.8 Å². The first-order valence-electron chi connectivity index (χ1n) is 6.23. The molecule has 0 aromatic carbocycles. The number of carbonyl (C=O) groups excluding carboxylic acids is 1. The Hall–Kier alpha value is -0.650. The van der Waals surface area contributed by atoms with Crippen molar-refractivity contribution in [1.82, 2.24) is 5.32 Å². The highest BCUT2D eigenvalue weighted by Crippen LogP contribution is 2.26. The molecule has 17 heavy (non-hydrogen) atoms. The normalized spacial score (nSPS) is 30.2. The molecule has 0 radical (unpaired) electrons. The first-order valence-corrected chi connectivity index (χ1v) is 6.23. The van der Waals surface area contributed by atoms with Crippen LogP contribution in [0.5, 0.6) is 0 Å². The smallest absolute Gasteiger partial charge is 0.229 e. The molecule has 1 heterocycles. The van der Waals surface area contributed by atoms with Gasteiger partial charge < -0.3 is 20.9 Å². The lowest BCUT2D eigenvalue weighted by atomic mass is 9.85. The van der Waals surface area contributed by atoms with Crippen LogP contribution in [0.2, 0.25) is 0 Å². The van der Waals surface area contributed by atoms with Gasteiger partial charge in [0, 0.05) is 19.2 Å². The van der Waals surface area contributed by atoms with Gasteiger partial charge in [-0.1, -0.05) is 6.92 Å². The van der Waals surface area contributed by atoms with Gasteiger partial charge in [0.15, 0.2) is 0 Å². The number of amides is 1. The molecule has 5 nitrogen and oxygen atoms in total. The van der Waals surface area contributed by atoms with E-state index in [0.29, 0.717) is 25.7 Å². The summed E-state index contributed by atoms with van der Waals surface area (Å²) in [6, 6.07) is -0.223. The summed E-state index contributed by atoms with van der Waals surface area (Å²) in [4.78, 5) is 12.0. The summed E-state index contributed by atoms with van der Waals surface area (Å²) in [6.07, 6.45) is 1.79. The molecule has 1 rings (SSSR count). The van der Waals surface area contributed by atoms with E-state index in [1.807, 2.05) is 13.8 Å². The zero-order valence-electron chi connectivity index (χ0n) is 10.7. The van der Waals surface area contributed by atoms with E-state index in [-0.39, 0.29) is 18.6 Å². The van der Waals surface area contributed by atoms with Crippen LogP contribution in [0.15, 0.2) is 0 Å². The number of carbonyl (C=O) groups is 1. The fourth-order valence-electron chi connectivity index (χ4n) is 1.87. The quantitative estimate of drug-likeness (QED) is 0.568. The minimum atomic E-state index is -0.595. The van der Waals surface area contributed by atoms with Gasteiger partial charge in [0.05, 0.1) is 18.6 Å². The Morgan fingerprint density at radius 1 is 1.71 bits per heavy atom. The van der Waals surface area contributed by atoms with Gasteiger partial charge in [0.1, 0.15) is 0 Å². The Kier molecular flexibility index (Phi) is 5.36. The minimum absolute atomic E-state index is 0.0286. The Morgan fingerprint density at radius 3 is 2.94 bits per heavy atom. The highest BCUT2D eigenvalue weighted by Gasteiger charge is 2.44. The Balaban J connectivity index is 2.25. The summed E-state index contributed by atoms with van der Waals surface area (Å²) in [6.45, 7) is 5.51. The van der Waals surface area contributed by atoms with Crippen LogP contribution >= 0.6 is 0 Å². The van der Waals surface area contributed by atoms with Gasteiger partial charge in [-0.15, -0.1) is 0 Å². The van der Waals surface area contributed by atoms with Gasteiger partial charge in [0.25, 0.3) is 0 Å². The molecule has 0 bridgehead atoms. The molecule has 1 aliphatic rings. The van der Waals surface area contributed by atoms with Crippen molar-refractivity contribution in [3.05, 3.63) is 0 Å². The SMILES string of the molecule is CC(CO)CCCNC(=O)C1(C)COCC1N. The van der Waals surface area contributed by atoms with Gasteiger partial charge in [0.2, 0.25) is 5.91 Å². The largest absolute Gasteiger partial charge is 0.396 e. The molecule has 0 aromatic heterocycles. The van der Waals surface area contributed by atoms with Crippen molar-refractivity contribution in [2.24, 2.45) is 17.1 Å². The maximum atomic E-state index is 12.0. The average Bonchev–Trinajstić information content (AvgIpc) is 2.65. The van der Waals surface area contributed by atoms with Crippen molar-refractivity contribution in [1.29, 1.82) is 0 Å². The van der Waals surface area contributed by atoms with E-state index in [9.17, 15) is 4.79 Å². The Labute approximate surface area is 103 Å². The Bertz CT molecular complexity index is 260. The lowest BCUT2D eigenvalue weighted by Crippen LogP contribution is -2.50. The summed E-state index contributed by atoms with van der Waals surface area (Å²) in [5.41, 5.74) is 5.27. The number of nitrogens with one attached hydrogen (secondary N) is 1. The summed E-state index contributed by atoms with van der Waals surface area (Å²) in [5.74, 6) is 0.263. The molecule has 1 fully saturated rings. The zero-order chi connectivity index (χ0) is 12.9. The van der Waals surface area contributed by atoms with Crippen molar-refractivity contribution in [2.45, 2.75) is 32.7 Å². The lowest BCUT2D eigenvalue weighted by Gasteiger charge is -2.25. The van der Waals surface area contributed by atoms with E-state index < -0.39 is 5.41 Å². The predicted molar refractivity (Wildman–Crippen MR) is 65.4 cm³/mol.